The first kappa shape index (κ1) is 17.2. The Morgan fingerprint density at radius 2 is 1.67 bits per heavy atom. The minimum Gasteiger partial charge on any atom is -0.267 e. The quantitative estimate of drug-likeness (QED) is 0.644. The molecular formula is C18H15N5O3S. The molecule has 0 fully saturated rings. The highest BCUT2D eigenvalue weighted by Crippen LogP contribution is 2.25. The number of aromatic nitrogens is 3. The van der Waals surface area contributed by atoms with Crippen molar-refractivity contribution < 1.29 is 14.4 Å². The molecule has 4 rings (SSSR count). The molecular weight excluding hydrogens is 366 g/mol. The number of fused-ring (bicyclic) bond motifs is 2. The van der Waals surface area contributed by atoms with Crippen molar-refractivity contribution in [2.45, 2.75) is 0 Å². The Labute approximate surface area is 158 Å². The largest absolute Gasteiger partial charge is 0.366 e. The highest BCUT2D eigenvalue weighted by atomic mass is 32.2. The number of carbonyl (C=O) groups is 3. The highest BCUT2D eigenvalue weighted by Gasteiger charge is 2.41. The first-order valence-corrected chi connectivity index (χ1v) is 9.62. The van der Waals surface area contributed by atoms with Crippen LogP contribution in [0.2, 0.25) is 0 Å². The Morgan fingerprint density at radius 3 is 2.33 bits per heavy atom. The monoisotopic (exact) mass is 381 g/mol. The van der Waals surface area contributed by atoms with Crippen molar-refractivity contribution in [3.63, 3.8) is 0 Å². The topological polar surface area (TPSA) is 88.4 Å². The highest BCUT2D eigenvalue weighted by molar-refractivity contribution is 7.98. The van der Waals surface area contributed by atoms with Crippen LogP contribution in [-0.4, -0.2) is 61.4 Å². The van der Waals surface area contributed by atoms with Crippen LogP contribution in [0, 0.1) is 0 Å². The molecule has 136 valence electrons. The first-order valence-electron chi connectivity index (χ1n) is 8.22. The van der Waals surface area contributed by atoms with Crippen LogP contribution in [0.25, 0.3) is 11.0 Å². The van der Waals surface area contributed by atoms with Gasteiger partial charge in [0.1, 0.15) is 5.52 Å². The molecule has 0 spiro atoms. The van der Waals surface area contributed by atoms with Crippen molar-refractivity contribution in [3.05, 3.63) is 59.7 Å². The Kier molecular flexibility index (Phi) is 4.36. The Hall–Kier alpha value is -3.20. The van der Waals surface area contributed by atoms with Crippen molar-refractivity contribution in [3.8, 4) is 0 Å². The van der Waals surface area contributed by atoms with E-state index < -0.39 is 17.8 Å². The molecule has 9 heteroatoms. The van der Waals surface area contributed by atoms with E-state index in [2.05, 4.69) is 10.3 Å². The molecule has 0 bridgehead atoms. The van der Waals surface area contributed by atoms with Gasteiger partial charge in [-0.15, -0.1) is 5.10 Å². The predicted octanol–water partition coefficient (Wildman–Crippen LogP) is 2.28. The maximum absolute atomic E-state index is 13.2. The molecule has 27 heavy (non-hydrogen) atoms. The molecule has 2 heterocycles. The maximum Gasteiger partial charge on any atom is 0.366 e. The van der Waals surface area contributed by atoms with Gasteiger partial charge in [-0.3, -0.25) is 9.59 Å². The summed E-state index contributed by atoms with van der Waals surface area (Å²) in [5, 5.41) is 9.94. The molecule has 0 aliphatic carbocycles. The summed E-state index contributed by atoms with van der Waals surface area (Å²) in [6.07, 6.45) is 1.88. The minimum atomic E-state index is -0.604. The number of amides is 3. The number of hydrazine groups is 1. The van der Waals surface area contributed by atoms with Crippen LogP contribution in [0.15, 0.2) is 48.5 Å². The van der Waals surface area contributed by atoms with E-state index in [1.807, 2.05) is 6.26 Å². The summed E-state index contributed by atoms with van der Waals surface area (Å²) in [5.74, 6) is -0.491. The van der Waals surface area contributed by atoms with E-state index in [4.69, 9.17) is 0 Å². The van der Waals surface area contributed by atoms with E-state index >= 15 is 0 Å². The summed E-state index contributed by atoms with van der Waals surface area (Å²) < 4.78 is 1.11. The molecule has 0 saturated heterocycles. The van der Waals surface area contributed by atoms with Crippen molar-refractivity contribution >= 4 is 40.6 Å². The van der Waals surface area contributed by atoms with Gasteiger partial charge in [0.2, 0.25) is 0 Å². The molecule has 3 aromatic rings. The van der Waals surface area contributed by atoms with E-state index in [1.54, 1.807) is 48.5 Å². The summed E-state index contributed by atoms with van der Waals surface area (Å²) in [4.78, 5) is 38.8. The minimum absolute atomic E-state index is 0.180. The fraction of sp³-hybridized carbons (Fsp3) is 0.167. The van der Waals surface area contributed by atoms with E-state index in [-0.39, 0.29) is 17.7 Å². The lowest BCUT2D eigenvalue weighted by atomic mass is 10.1. The second kappa shape index (κ2) is 6.84. The molecule has 0 unspecified atom stereocenters. The molecule has 1 aliphatic rings. The zero-order valence-electron chi connectivity index (χ0n) is 14.4. The van der Waals surface area contributed by atoms with Crippen LogP contribution in [0.3, 0.4) is 0 Å². The number of rotatable bonds is 4. The molecule has 8 nitrogen and oxygen atoms in total. The summed E-state index contributed by atoms with van der Waals surface area (Å²) in [5.41, 5.74) is 1.63. The number of hydrogen-bond donors (Lipinski definition) is 0. The van der Waals surface area contributed by atoms with Crippen molar-refractivity contribution in [1.29, 1.82) is 0 Å². The van der Waals surface area contributed by atoms with Gasteiger partial charge in [-0.25, -0.2) is 9.80 Å². The van der Waals surface area contributed by atoms with Gasteiger partial charge in [0, 0.05) is 5.75 Å². The third-order valence-corrected chi connectivity index (χ3v) is 4.87. The van der Waals surface area contributed by atoms with Crippen LogP contribution < -0.4 is 0 Å². The maximum atomic E-state index is 13.2. The van der Waals surface area contributed by atoms with Gasteiger partial charge in [0.15, 0.2) is 0 Å². The average molecular weight is 381 g/mol. The molecule has 0 atom stereocenters. The van der Waals surface area contributed by atoms with Crippen molar-refractivity contribution in [2.75, 3.05) is 18.6 Å². The fourth-order valence-corrected chi connectivity index (χ4v) is 3.33. The van der Waals surface area contributed by atoms with E-state index in [1.165, 1.54) is 11.8 Å². The standard InChI is InChI=1S/C18H15N5O3S/c1-27-11-10-21(18(26)22-15-9-5-4-8-14(15)19-20-22)23-16(24)12-6-2-3-7-13(12)17(23)25/h2-9H,10-11H2,1H3. The average Bonchev–Trinajstić information content (AvgIpc) is 3.23. The Balaban J connectivity index is 1.75. The second-order valence-electron chi connectivity index (χ2n) is 5.86. The lowest BCUT2D eigenvalue weighted by molar-refractivity contribution is 0.0200. The lowest BCUT2D eigenvalue weighted by Crippen LogP contribution is -2.52. The number of imide groups is 1. The smallest absolute Gasteiger partial charge is 0.267 e. The zero-order valence-corrected chi connectivity index (χ0v) is 15.2. The fourth-order valence-electron chi connectivity index (χ4n) is 2.97. The normalized spacial score (nSPS) is 13.3. The number of benzene rings is 2. The molecule has 0 saturated carbocycles. The van der Waals surface area contributed by atoms with E-state index in [9.17, 15) is 14.4 Å². The molecule has 0 N–H and O–H groups in total. The lowest BCUT2D eigenvalue weighted by Gasteiger charge is -2.29. The van der Waals surface area contributed by atoms with Crippen LogP contribution in [0.4, 0.5) is 4.79 Å². The van der Waals surface area contributed by atoms with E-state index in [0.29, 0.717) is 16.8 Å². The number of thioether (sulfide) groups is 1. The summed E-state index contributed by atoms with van der Waals surface area (Å²) >= 11 is 1.50. The van der Waals surface area contributed by atoms with E-state index in [0.717, 1.165) is 14.7 Å². The van der Waals surface area contributed by atoms with Crippen LogP contribution >= 0.6 is 11.8 Å². The van der Waals surface area contributed by atoms with Crippen molar-refractivity contribution in [1.82, 2.24) is 25.0 Å². The summed E-state index contributed by atoms with van der Waals surface area (Å²) in [6.45, 7) is 0.180. The third kappa shape index (κ3) is 2.76. The van der Waals surface area contributed by atoms with Crippen LogP contribution in [-0.2, 0) is 0 Å². The summed E-state index contributed by atoms with van der Waals surface area (Å²) in [7, 11) is 0. The third-order valence-electron chi connectivity index (χ3n) is 4.28. The van der Waals surface area contributed by atoms with Gasteiger partial charge in [0.25, 0.3) is 11.8 Å². The number of nitrogens with zero attached hydrogens (tertiary/aromatic N) is 5. The van der Waals surface area contributed by atoms with Gasteiger partial charge in [-0.2, -0.15) is 21.5 Å². The Bertz CT molecular complexity index is 1030. The SMILES string of the molecule is CSCCN(C(=O)n1nnc2ccccc21)N1C(=O)c2ccccc2C1=O. The number of carbonyl (C=O) groups excluding carboxylic acids is 3. The molecule has 3 amide bonds. The zero-order chi connectivity index (χ0) is 19.0. The van der Waals surface area contributed by atoms with Gasteiger partial charge in [0.05, 0.1) is 23.2 Å². The second-order valence-corrected chi connectivity index (χ2v) is 6.84. The van der Waals surface area contributed by atoms with Gasteiger partial charge < -0.3 is 0 Å². The van der Waals surface area contributed by atoms with Gasteiger partial charge in [-0.1, -0.05) is 29.5 Å². The predicted molar refractivity (Wildman–Crippen MR) is 100 cm³/mol. The molecule has 0 radical (unpaired) electrons. The molecule has 2 aromatic carbocycles. The first-order chi connectivity index (χ1) is 13.1. The molecule has 1 aliphatic heterocycles. The number of hydrogen-bond acceptors (Lipinski definition) is 6. The molecule has 1 aromatic heterocycles. The van der Waals surface area contributed by atoms with Crippen LogP contribution in [0.5, 0.6) is 0 Å². The Morgan fingerprint density at radius 1 is 1.04 bits per heavy atom. The van der Waals surface area contributed by atoms with Crippen molar-refractivity contribution in [2.24, 2.45) is 0 Å². The summed E-state index contributed by atoms with van der Waals surface area (Å²) in [6, 6.07) is 12.9. The van der Waals surface area contributed by atoms with Gasteiger partial charge >= 0.3 is 6.03 Å². The van der Waals surface area contributed by atoms with Crippen LogP contribution in [0.1, 0.15) is 20.7 Å². The number of para-hydroxylation sites is 1. The van der Waals surface area contributed by atoms with Gasteiger partial charge in [-0.05, 0) is 30.5 Å².